The minimum absolute atomic E-state index is 0.0763. The van der Waals surface area contributed by atoms with Crippen molar-refractivity contribution in [3.05, 3.63) is 29.8 Å². The Bertz CT molecular complexity index is 539. The van der Waals surface area contributed by atoms with Crippen LogP contribution in [0.4, 0.5) is 18.9 Å². The lowest BCUT2D eigenvalue weighted by Gasteiger charge is -2.10. The molecule has 10 heteroatoms. The molecule has 1 aromatic carbocycles. The number of hydrazine groups is 1. The zero-order chi connectivity index (χ0) is 14.0. The van der Waals surface area contributed by atoms with Crippen molar-refractivity contribution in [1.82, 2.24) is 5.43 Å². The van der Waals surface area contributed by atoms with Gasteiger partial charge in [-0.25, -0.2) is 5.84 Å². The van der Waals surface area contributed by atoms with Crippen LogP contribution in [0.1, 0.15) is 10.4 Å². The predicted molar refractivity (Wildman–Crippen MR) is 56.7 cm³/mol. The first-order valence-corrected chi connectivity index (χ1v) is 5.86. The van der Waals surface area contributed by atoms with E-state index in [0.29, 0.717) is 0 Å². The van der Waals surface area contributed by atoms with Crippen LogP contribution in [0.5, 0.6) is 0 Å². The van der Waals surface area contributed by atoms with Crippen LogP contribution in [0.15, 0.2) is 24.3 Å². The molecular formula is C8H8F3N3O3S. The molecule has 0 unspecified atom stereocenters. The summed E-state index contributed by atoms with van der Waals surface area (Å²) in [6.07, 6.45) is 0. The molecule has 4 N–H and O–H groups in total. The monoisotopic (exact) mass is 283 g/mol. The normalized spacial score (nSPS) is 12.0. The number of nitrogen functional groups attached to an aromatic ring is 1. The van der Waals surface area contributed by atoms with Gasteiger partial charge in [0.2, 0.25) is 0 Å². The number of nitrogens with two attached hydrogens (primary N) is 1. The van der Waals surface area contributed by atoms with Crippen molar-refractivity contribution in [2.24, 2.45) is 5.84 Å². The maximum absolute atomic E-state index is 12.1. The first-order chi connectivity index (χ1) is 8.17. The molecule has 18 heavy (non-hydrogen) atoms. The van der Waals surface area contributed by atoms with Gasteiger partial charge in [-0.05, 0) is 24.3 Å². The van der Waals surface area contributed by atoms with E-state index in [2.05, 4.69) is 0 Å². The molecule has 0 fully saturated rings. The zero-order valence-corrected chi connectivity index (χ0v) is 9.47. The molecule has 0 aromatic heterocycles. The van der Waals surface area contributed by atoms with Gasteiger partial charge in [0.25, 0.3) is 5.91 Å². The van der Waals surface area contributed by atoms with Crippen molar-refractivity contribution in [3.8, 4) is 0 Å². The molecule has 6 nitrogen and oxygen atoms in total. The number of halogens is 3. The highest BCUT2D eigenvalue weighted by molar-refractivity contribution is 7.93. The lowest BCUT2D eigenvalue weighted by Crippen LogP contribution is -2.30. The van der Waals surface area contributed by atoms with Crippen molar-refractivity contribution in [3.63, 3.8) is 0 Å². The minimum atomic E-state index is -5.46. The Balaban J connectivity index is 2.92. The Morgan fingerprint density at radius 2 is 1.67 bits per heavy atom. The number of sulfonamides is 1. The molecule has 0 aliphatic carbocycles. The minimum Gasteiger partial charge on any atom is -0.290 e. The van der Waals surface area contributed by atoms with E-state index in [9.17, 15) is 26.4 Å². The predicted octanol–water partition coefficient (Wildman–Crippen LogP) is 0.552. The van der Waals surface area contributed by atoms with Crippen LogP contribution in [0.3, 0.4) is 0 Å². The molecule has 0 aliphatic heterocycles. The van der Waals surface area contributed by atoms with E-state index in [0.717, 1.165) is 24.3 Å². The average molecular weight is 283 g/mol. The number of alkyl halides is 3. The summed E-state index contributed by atoms with van der Waals surface area (Å²) in [5.74, 6) is 4.19. The summed E-state index contributed by atoms with van der Waals surface area (Å²) in [6.45, 7) is 0. The summed E-state index contributed by atoms with van der Waals surface area (Å²) in [4.78, 5) is 11.0. The smallest absolute Gasteiger partial charge is 0.290 e. The van der Waals surface area contributed by atoms with Gasteiger partial charge in [-0.15, -0.1) is 0 Å². The molecule has 100 valence electrons. The highest BCUT2D eigenvalue weighted by Gasteiger charge is 2.45. The van der Waals surface area contributed by atoms with Gasteiger partial charge in [0.05, 0.1) is 0 Å². The molecule has 0 saturated carbocycles. The number of benzene rings is 1. The maximum atomic E-state index is 12.1. The fraction of sp³-hybridized carbons (Fsp3) is 0.125. The van der Waals surface area contributed by atoms with E-state index in [1.165, 1.54) is 4.72 Å². The Labute approximate surface area is 100.0 Å². The molecule has 1 rings (SSSR count). The van der Waals surface area contributed by atoms with E-state index in [-0.39, 0.29) is 11.3 Å². The highest BCUT2D eigenvalue weighted by atomic mass is 32.2. The van der Waals surface area contributed by atoms with Gasteiger partial charge in [0, 0.05) is 11.3 Å². The fourth-order valence-electron chi connectivity index (χ4n) is 0.986. The molecule has 0 atom stereocenters. The average Bonchev–Trinajstić information content (AvgIpc) is 2.27. The van der Waals surface area contributed by atoms with E-state index in [4.69, 9.17) is 5.84 Å². The molecule has 1 amide bonds. The molecule has 0 aliphatic rings. The topological polar surface area (TPSA) is 101 Å². The summed E-state index contributed by atoms with van der Waals surface area (Å²) < 4.78 is 59.0. The summed E-state index contributed by atoms with van der Waals surface area (Å²) in [6, 6.07) is 4.26. The number of amides is 1. The van der Waals surface area contributed by atoms with Crippen LogP contribution in [0.2, 0.25) is 0 Å². The number of anilines is 1. The Morgan fingerprint density at radius 3 is 2.06 bits per heavy atom. The number of hydrogen-bond donors (Lipinski definition) is 3. The van der Waals surface area contributed by atoms with Crippen LogP contribution < -0.4 is 16.0 Å². The summed E-state index contributed by atoms with van der Waals surface area (Å²) in [7, 11) is -5.46. The molecule has 0 saturated heterocycles. The first-order valence-electron chi connectivity index (χ1n) is 4.37. The number of carbonyl (C=O) groups is 1. The lowest BCUT2D eigenvalue weighted by atomic mass is 10.2. The largest absolute Gasteiger partial charge is 0.516 e. The molecule has 0 heterocycles. The molecule has 0 bridgehead atoms. The van der Waals surface area contributed by atoms with Gasteiger partial charge in [0.1, 0.15) is 0 Å². The molecular weight excluding hydrogens is 275 g/mol. The molecule has 0 spiro atoms. The lowest BCUT2D eigenvalue weighted by molar-refractivity contribution is -0.0429. The molecule has 0 radical (unpaired) electrons. The van der Waals surface area contributed by atoms with Crippen LogP contribution in [0.25, 0.3) is 0 Å². The third-order valence-corrected chi connectivity index (χ3v) is 2.95. The van der Waals surface area contributed by atoms with Gasteiger partial charge < -0.3 is 0 Å². The SMILES string of the molecule is NNC(=O)c1ccc(NS(=O)(=O)C(F)(F)F)cc1. The quantitative estimate of drug-likeness (QED) is 0.428. The highest BCUT2D eigenvalue weighted by Crippen LogP contribution is 2.25. The second-order valence-electron chi connectivity index (χ2n) is 3.10. The Morgan fingerprint density at radius 1 is 1.17 bits per heavy atom. The van der Waals surface area contributed by atoms with E-state index in [1.54, 1.807) is 0 Å². The Hall–Kier alpha value is -1.81. The number of nitrogens with one attached hydrogen (secondary N) is 2. The second-order valence-corrected chi connectivity index (χ2v) is 4.78. The van der Waals surface area contributed by atoms with E-state index >= 15 is 0 Å². The van der Waals surface area contributed by atoms with Gasteiger partial charge in [0.15, 0.2) is 0 Å². The van der Waals surface area contributed by atoms with E-state index in [1.807, 2.05) is 5.43 Å². The third-order valence-electron chi connectivity index (χ3n) is 1.84. The number of hydrogen-bond acceptors (Lipinski definition) is 4. The number of carbonyl (C=O) groups excluding carboxylic acids is 1. The van der Waals surface area contributed by atoms with Gasteiger partial charge >= 0.3 is 15.5 Å². The number of rotatable bonds is 3. The standard InChI is InChI=1S/C8H8F3N3O3S/c9-8(10,11)18(16,17)14-6-3-1-5(2-4-6)7(15)13-12/h1-4,14H,12H2,(H,13,15). The van der Waals surface area contributed by atoms with Crippen LogP contribution in [-0.2, 0) is 10.0 Å². The Kier molecular flexibility index (Phi) is 3.82. The van der Waals surface area contributed by atoms with Crippen LogP contribution >= 0.6 is 0 Å². The first kappa shape index (κ1) is 14.3. The van der Waals surface area contributed by atoms with Crippen molar-refractivity contribution >= 4 is 21.6 Å². The van der Waals surface area contributed by atoms with Crippen molar-refractivity contribution in [2.75, 3.05) is 4.72 Å². The zero-order valence-electron chi connectivity index (χ0n) is 8.65. The van der Waals surface area contributed by atoms with Crippen molar-refractivity contribution < 1.29 is 26.4 Å². The second kappa shape index (κ2) is 4.82. The maximum Gasteiger partial charge on any atom is 0.516 e. The van der Waals surface area contributed by atoms with E-state index < -0.39 is 21.4 Å². The van der Waals surface area contributed by atoms with Crippen LogP contribution in [-0.4, -0.2) is 19.8 Å². The van der Waals surface area contributed by atoms with Crippen LogP contribution in [0, 0.1) is 0 Å². The van der Waals surface area contributed by atoms with Gasteiger partial charge in [-0.1, -0.05) is 0 Å². The van der Waals surface area contributed by atoms with Gasteiger partial charge in [-0.3, -0.25) is 14.9 Å². The fourth-order valence-corrected chi connectivity index (χ4v) is 1.55. The third kappa shape index (κ3) is 3.11. The van der Waals surface area contributed by atoms with Crippen molar-refractivity contribution in [2.45, 2.75) is 5.51 Å². The van der Waals surface area contributed by atoms with Crippen molar-refractivity contribution in [1.29, 1.82) is 0 Å². The summed E-state index contributed by atoms with van der Waals surface area (Å²) in [5, 5.41) is 0. The summed E-state index contributed by atoms with van der Waals surface area (Å²) >= 11 is 0. The summed E-state index contributed by atoms with van der Waals surface area (Å²) in [5.41, 5.74) is -3.83. The molecule has 1 aromatic rings. The van der Waals surface area contributed by atoms with Gasteiger partial charge in [-0.2, -0.15) is 21.6 Å².